The Bertz CT molecular complexity index is 3710. The number of hydrogen-bond acceptors (Lipinski definition) is 15. The van der Waals surface area contributed by atoms with Gasteiger partial charge in [-0.1, -0.05) is 194 Å². The maximum absolute atomic E-state index is 7.15. The van der Waals surface area contributed by atoms with Crippen LogP contribution in [-0.2, 0) is 89.8 Å². The molecule has 15 heteroatoms. The van der Waals surface area contributed by atoms with Gasteiger partial charge in [0.1, 0.15) is 57.5 Å². The Morgan fingerprint density at radius 3 is 0.339 bits per heavy atom. The molecule has 1 heterocycles. The molecule has 0 fully saturated rings. The van der Waals surface area contributed by atoms with E-state index in [1.807, 2.05) is 0 Å². The van der Waals surface area contributed by atoms with E-state index in [0.717, 1.165) is 295 Å². The molecule has 0 atom stereocenters. The lowest BCUT2D eigenvalue weighted by molar-refractivity contribution is 0.102. The molecule has 0 saturated carbocycles. The number of benzene rings is 10. The molecule has 20 bridgehead atoms. The predicted octanol–water partition coefficient (Wildman–Crippen LogP) is 26.1. The van der Waals surface area contributed by atoms with Crippen LogP contribution in [0.2, 0.25) is 0 Å². The lowest BCUT2D eigenvalue weighted by Crippen LogP contribution is -2.08. The third-order valence-corrected chi connectivity index (χ3v) is 21.7. The first-order valence-corrected chi connectivity index (χ1v) is 43.8. The summed E-state index contributed by atoms with van der Waals surface area (Å²) in [7, 11) is 0. The second-order valence-electron chi connectivity index (χ2n) is 30.4. The average Bonchev–Trinajstić information content (AvgIpc) is 0.793. The summed E-state index contributed by atoms with van der Waals surface area (Å²) in [4.78, 5) is 0. The van der Waals surface area contributed by atoms with Gasteiger partial charge in [0.25, 0.3) is 0 Å². The molecule has 0 amide bonds. The Balaban J connectivity index is 1.10. The van der Waals surface area contributed by atoms with E-state index in [1.54, 1.807) is 0 Å². The lowest BCUT2D eigenvalue weighted by atomic mass is 9.97. The summed E-state index contributed by atoms with van der Waals surface area (Å²) in [5.41, 5.74) is 9.47. The lowest BCUT2D eigenvalue weighted by Gasteiger charge is -2.21. The highest BCUT2D eigenvalue weighted by atomic mass is 16.5. The first kappa shape index (κ1) is 87.1. The van der Waals surface area contributed by atoms with E-state index in [1.165, 1.54) is 0 Å². The van der Waals surface area contributed by atoms with Crippen LogP contribution in [0.25, 0.3) is 53.9 Å². The van der Waals surface area contributed by atoms with E-state index >= 15 is 0 Å². The molecule has 0 N–H and O–H groups in total. The van der Waals surface area contributed by atoms with E-state index < -0.39 is 0 Å². The topological polar surface area (TPSA) is 138 Å². The van der Waals surface area contributed by atoms with Gasteiger partial charge in [-0.15, -0.1) is 0 Å². The monoisotopic (exact) mass is 1570 g/mol. The number of unbranched alkanes of at least 4 members (excludes halogenated alkanes) is 10. The maximum atomic E-state index is 7.15. The van der Waals surface area contributed by atoms with Crippen LogP contribution in [0.1, 0.15) is 253 Å². The largest absolute Gasteiger partial charge is 0.493 e. The second kappa shape index (κ2) is 46.9. The van der Waals surface area contributed by atoms with E-state index in [0.29, 0.717) is 66.1 Å². The molecule has 0 spiro atoms. The van der Waals surface area contributed by atoms with Crippen LogP contribution in [0.3, 0.4) is 0 Å². The van der Waals surface area contributed by atoms with Gasteiger partial charge in [0.2, 0.25) is 0 Å². The fraction of sp³-hybridized carbons (Fsp3) is 0.500. The van der Waals surface area contributed by atoms with Gasteiger partial charge in [-0.25, -0.2) is 0 Å². The van der Waals surface area contributed by atoms with Crippen LogP contribution < -0.4 is 47.4 Å². The van der Waals surface area contributed by atoms with Crippen LogP contribution in [-0.4, -0.2) is 66.1 Å². The molecule has 0 saturated heterocycles. The summed E-state index contributed by atoms with van der Waals surface area (Å²) in [5, 5.41) is 10.0. The first-order valence-electron chi connectivity index (χ1n) is 43.8. The van der Waals surface area contributed by atoms with Gasteiger partial charge in [-0.05, 0) is 179 Å². The van der Waals surface area contributed by atoms with Crippen molar-refractivity contribution in [2.24, 2.45) is 0 Å². The van der Waals surface area contributed by atoms with Crippen molar-refractivity contribution in [1.82, 2.24) is 0 Å². The summed E-state index contributed by atoms with van der Waals surface area (Å²) in [5.74, 6) is 7.81. The van der Waals surface area contributed by atoms with Gasteiger partial charge in [0.05, 0.1) is 132 Å². The van der Waals surface area contributed by atoms with E-state index in [9.17, 15) is 0 Å². The van der Waals surface area contributed by atoms with Crippen molar-refractivity contribution in [3.05, 3.63) is 177 Å². The van der Waals surface area contributed by atoms with Crippen molar-refractivity contribution >= 4 is 53.9 Å². The fourth-order valence-corrected chi connectivity index (χ4v) is 14.8. The second-order valence-corrected chi connectivity index (χ2v) is 30.4. The first-order chi connectivity index (χ1) is 56.7. The summed E-state index contributed by atoms with van der Waals surface area (Å²) in [6, 6.07) is 42.8. The standard InChI is InChI=1S/C100H130O15/c1-11-21-51-106-91-41-31-72-71-32-42-92(107-52-22-12-2)82(72)63-102-64-84-75-35-46-96(111-56-26-16-6)86(76(75)36-45-95(84)110-55-25-15-5)67-104-68-88-79-39-50-100(115-60-30-20-10)90(80(79)40-49-99(88)114-59-29-19-9)70-105-69-89-78-38-47-97(112-57-27-17-7)87(77(78)37-48-98(89)113-58-28-18-8)66-103-65-85-74-34-43-93(108-53-23-13-3)83(62-101-61-81(71)91)73(74)33-44-94(85)109-54-24-14-4/h31-50H,11-30,51-70H2,1-10H3. The van der Waals surface area contributed by atoms with Crippen LogP contribution >= 0.6 is 0 Å². The summed E-state index contributed by atoms with van der Waals surface area (Å²) in [6.07, 6.45) is 19.0. The van der Waals surface area contributed by atoms with Crippen LogP contribution in [0.4, 0.5) is 0 Å². The smallest absolute Gasteiger partial charge is 0.125 e. The van der Waals surface area contributed by atoms with Crippen LogP contribution in [0.5, 0.6) is 57.5 Å². The molecule has 0 unspecified atom stereocenters. The number of rotatable bonds is 40. The van der Waals surface area contributed by atoms with Crippen molar-refractivity contribution in [3.63, 3.8) is 0 Å². The Morgan fingerprint density at radius 2 is 0.252 bits per heavy atom. The van der Waals surface area contributed by atoms with Crippen molar-refractivity contribution in [2.45, 2.75) is 264 Å². The minimum atomic E-state index is 0.248. The zero-order valence-corrected chi connectivity index (χ0v) is 71.0. The van der Waals surface area contributed by atoms with Gasteiger partial charge in [0, 0.05) is 55.6 Å². The Kier molecular flexibility index (Phi) is 35.5. The van der Waals surface area contributed by atoms with Crippen molar-refractivity contribution in [1.29, 1.82) is 0 Å². The summed E-state index contributed by atoms with van der Waals surface area (Å²) < 4.78 is 103. The van der Waals surface area contributed by atoms with Crippen LogP contribution in [0.15, 0.2) is 121 Å². The molecule has 0 aliphatic carbocycles. The molecule has 0 radical (unpaired) electrons. The van der Waals surface area contributed by atoms with Crippen molar-refractivity contribution < 1.29 is 71.1 Å². The average molecular weight is 1570 g/mol. The molecule has 620 valence electrons. The minimum Gasteiger partial charge on any atom is -0.493 e. The molecule has 1 aliphatic rings. The molecule has 0 aromatic heterocycles. The molecule has 1 aliphatic heterocycles. The molecule has 15 nitrogen and oxygen atoms in total. The highest BCUT2D eigenvalue weighted by Crippen LogP contribution is 2.44. The minimum absolute atomic E-state index is 0.248. The number of hydrogen-bond donors (Lipinski definition) is 0. The third-order valence-electron chi connectivity index (χ3n) is 21.7. The number of ether oxygens (including phenoxy) is 15. The molecule has 10 aromatic rings. The zero-order valence-electron chi connectivity index (χ0n) is 71.0. The van der Waals surface area contributed by atoms with Gasteiger partial charge in [0.15, 0.2) is 0 Å². The summed E-state index contributed by atoms with van der Waals surface area (Å²) >= 11 is 0. The van der Waals surface area contributed by atoms with Crippen LogP contribution in [0, 0.1) is 0 Å². The van der Waals surface area contributed by atoms with E-state index in [4.69, 9.17) is 71.1 Å². The highest BCUT2D eigenvalue weighted by molar-refractivity contribution is 5.96. The third kappa shape index (κ3) is 22.9. The SMILES string of the molecule is CCCCOc1ccc2c3c(OCCCC)ccc2c1COCc1c(OCCCC)ccc2c(c(OCCCC)ccc12)COCc1c(OCCCC)ccc2c(c(OCCCC)ccc12)COCc1c(OCCCC)ccc2c(c(OCCCC)ccc12)COCc1c(OCCCC)ccc2c(c(OCCCC)ccc12)COC3. The van der Waals surface area contributed by atoms with Crippen molar-refractivity contribution in [3.8, 4) is 57.5 Å². The van der Waals surface area contributed by atoms with E-state index in [-0.39, 0.29) is 66.1 Å². The van der Waals surface area contributed by atoms with Gasteiger partial charge in [-0.3, -0.25) is 0 Å². The normalized spacial score (nSPS) is 13.3. The quantitative estimate of drug-likeness (QED) is 0.0336. The zero-order chi connectivity index (χ0) is 80.4. The van der Waals surface area contributed by atoms with Gasteiger partial charge in [-0.2, -0.15) is 0 Å². The molecular weight excluding hydrogens is 1440 g/mol. The molecular formula is C100H130O15. The maximum Gasteiger partial charge on any atom is 0.125 e. The van der Waals surface area contributed by atoms with E-state index in [2.05, 4.69) is 191 Å². The highest BCUT2D eigenvalue weighted by Gasteiger charge is 2.25. The Labute approximate surface area is 685 Å². The van der Waals surface area contributed by atoms with Gasteiger partial charge < -0.3 is 71.1 Å². The Hall–Kier alpha value is -8.70. The van der Waals surface area contributed by atoms with Gasteiger partial charge >= 0.3 is 0 Å². The molecule has 10 aromatic carbocycles. The molecule has 11 rings (SSSR count). The Morgan fingerprint density at radius 1 is 0.157 bits per heavy atom. The van der Waals surface area contributed by atoms with Crippen molar-refractivity contribution in [2.75, 3.05) is 66.1 Å². The fourth-order valence-electron chi connectivity index (χ4n) is 14.8. The molecule has 115 heavy (non-hydrogen) atoms. The summed E-state index contributed by atoms with van der Waals surface area (Å²) in [6.45, 7) is 30.1. The predicted molar refractivity (Wildman–Crippen MR) is 466 cm³/mol.